The van der Waals surface area contributed by atoms with E-state index in [1.54, 1.807) is 2.33 Å². The number of aromatic nitrogens is 2. The second-order valence-electron chi connectivity index (χ2n) is 1.92. The van der Waals surface area contributed by atoms with Gasteiger partial charge < -0.3 is 0 Å². The van der Waals surface area contributed by atoms with Crippen molar-refractivity contribution in [1.29, 1.82) is 0 Å². The van der Waals surface area contributed by atoms with Crippen LogP contribution in [0.5, 0.6) is 6.01 Å². The van der Waals surface area contributed by atoms with Crippen LogP contribution in [0.1, 0.15) is 0 Å². The van der Waals surface area contributed by atoms with Gasteiger partial charge in [0.1, 0.15) is 0 Å². The van der Waals surface area contributed by atoms with Gasteiger partial charge in [0.25, 0.3) is 0 Å². The van der Waals surface area contributed by atoms with Crippen LogP contribution in [0.15, 0.2) is 11.0 Å². The standard InChI is InChI=1S/C4H3FN2O2.Hg/c5-2-1-6-4(9)7-3(2)8;/h1H,(H2,6,7,8,9);/q;+2/p-2. The van der Waals surface area contributed by atoms with Crippen molar-refractivity contribution < 1.29 is 32.4 Å². The van der Waals surface area contributed by atoms with Crippen molar-refractivity contribution in [2.75, 3.05) is 0 Å². The number of nitrogens with zero attached hydrogens (tertiary/aromatic N) is 2. The van der Waals surface area contributed by atoms with Gasteiger partial charge in [0, 0.05) is 0 Å². The van der Waals surface area contributed by atoms with E-state index in [-0.39, 0.29) is 6.01 Å². The van der Waals surface area contributed by atoms with Gasteiger partial charge in [-0.2, -0.15) is 0 Å². The van der Waals surface area contributed by atoms with Gasteiger partial charge in [-0.1, -0.05) is 0 Å². The summed E-state index contributed by atoms with van der Waals surface area (Å²) in [4.78, 5) is 13.8. The molecule has 1 aliphatic rings. The van der Waals surface area contributed by atoms with Crippen molar-refractivity contribution in [3.05, 3.63) is 22.4 Å². The summed E-state index contributed by atoms with van der Waals surface area (Å²) in [7, 11) is 0. The van der Waals surface area contributed by atoms with Gasteiger partial charge in [-0.05, 0) is 0 Å². The van der Waals surface area contributed by atoms with E-state index in [9.17, 15) is 9.18 Å². The Hall–Kier alpha value is -0.455. The monoisotopic (exact) mass is 330 g/mol. The molecule has 10 heavy (non-hydrogen) atoms. The Morgan fingerprint density at radius 3 is 3.10 bits per heavy atom. The van der Waals surface area contributed by atoms with Crippen molar-refractivity contribution in [1.82, 2.24) is 7.32 Å². The maximum absolute atomic E-state index is 12.4. The van der Waals surface area contributed by atoms with Crippen LogP contribution in [-0.4, -0.2) is 7.32 Å². The summed E-state index contributed by atoms with van der Waals surface area (Å²) in [6.07, 6.45) is 1.18. The fraction of sp³-hybridized carbons (Fsp3) is 0. The molecule has 0 saturated heterocycles. The summed E-state index contributed by atoms with van der Waals surface area (Å²) >= 11 is -1.46. The van der Waals surface area contributed by atoms with Crippen LogP contribution in [0.25, 0.3) is 0 Å². The molecule has 0 radical (unpaired) electrons. The third kappa shape index (κ3) is 0.766. The van der Waals surface area contributed by atoms with E-state index in [2.05, 4.69) is 4.98 Å². The first kappa shape index (κ1) is 6.27. The predicted molar refractivity (Wildman–Crippen MR) is 24.5 cm³/mol. The topological polar surface area (TPSA) is 44.1 Å². The molecule has 2 heterocycles. The fourth-order valence-electron chi connectivity index (χ4n) is 0.718. The van der Waals surface area contributed by atoms with Crippen LogP contribution in [0, 0.1) is 5.82 Å². The second-order valence-corrected chi connectivity index (χ2v) is 6.69. The number of hydrogen-bond donors (Lipinski definition) is 0. The molecule has 0 bridgehead atoms. The number of fused-ring (bicyclic) bond motifs is 1. The zero-order valence-corrected chi connectivity index (χ0v) is 10.4. The molecule has 0 atom stereocenters. The van der Waals surface area contributed by atoms with Gasteiger partial charge in [-0.15, -0.1) is 0 Å². The number of hydrogen-bond acceptors (Lipinski definition) is 3. The van der Waals surface area contributed by atoms with Gasteiger partial charge >= 0.3 is 68.1 Å². The summed E-state index contributed by atoms with van der Waals surface area (Å²) in [6.45, 7) is 0. The van der Waals surface area contributed by atoms with E-state index in [1.165, 1.54) is 6.20 Å². The normalized spacial score (nSPS) is 11.7. The summed E-state index contributed by atoms with van der Waals surface area (Å²) in [5.41, 5.74) is -0.834. The second kappa shape index (κ2) is 2.01. The summed E-state index contributed by atoms with van der Waals surface area (Å²) in [5.74, 6) is -0.785. The molecule has 0 spiro atoms. The van der Waals surface area contributed by atoms with Gasteiger partial charge in [0.15, 0.2) is 0 Å². The van der Waals surface area contributed by atoms with Crippen molar-refractivity contribution in [2.24, 2.45) is 0 Å². The molecule has 0 fully saturated rings. The quantitative estimate of drug-likeness (QED) is 0.605. The number of rotatable bonds is 0. The minimum absolute atomic E-state index is 0.285. The average molecular weight is 329 g/mol. The molecule has 1 aromatic heterocycles. The van der Waals surface area contributed by atoms with Crippen molar-refractivity contribution in [3.63, 3.8) is 0 Å². The van der Waals surface area contributed by atoms with Gasteiger partial charge in [-0.3, -0.25) is 0 Å². The summed E-state index contributed by atoms with van der Waals surface area (Å²) in [6, 6.07) is 0.285. The molecule has 0 unspecified atom stereocenters. The van der Waals surface area contributed by atoms with Crippen molar-refractivity contribution in [2.45, 2.75) is 0 Å². The maximum atomic E-state index is 12.4. The molecule has 0 aliphatic carbocycles. The molecule has 1 aromatic rings. The Morgan fingerprint density at radius 1 is 1.80 bits per heavy atom. The molecule has 4 nitrogen and oxygen atoms in total. The molecule has 0 N–H and O–H groups in total. The Bertz CT molecular complexity index is 337. The Labute approximate surface area is 68.2 Å². The average Bonchev–Trinajstić information content (AvgIpc) is 1.89. The zero-order valence-electron chi connectivity index (χ0n) is 4.87. The minimum atomic E-state index is -1.46. The SMILES string of the molecule is O=c1nc2[n](cc1F)[Hg][O]2. The van der Waals surface area contributed by atoms with Crippen LogP contribution in [-0.2, 0) is 25.3 Å². The molecule has 0 amide bonds. The first-order chi connectivity index (χ1) is 4.77. The van der Waals surface area contributed by atoms with Crippen LogP contribution < -0.4 is 8.20 Å². The van der Waals surface area contributed by atoms with E-state index < -0.39 is 36.7 Å². The zero-order chi connectivity index (χ0) is 7.14. The van der Waals surface area contributed by atoms with Gasteiger partial charge in [-0.25, -0.2) is 0 Å². The summed E-state index contributed by atoms with van der Waals surface area (Å²) < 4.78 is 18.9. The Morgan fingerprint density at radius 2 is 2.60 bits per heavy atom. The third-order valence-corrected chi connectivity index (χ3v) is 5.60. The van der Waals surface area contributed by atoms with E-state index >= 15 is 0 Å². The molecule has 1 aliphatic heterocycles. The van der Waals surface area contributed by atoms with Crippen LogP contribution in [0.4, 0.5) is 4.39 Å². The first-order valence-electron chi connectivity index (χ1n) is 2.67. The van der Waals surface area contributed by atoms with Crippen molar-refractivity contribution >= 4 is 0 Å². The van der Waals surface area contributed by atoms with Crippen LogP contribution >= 0.6 is 0 Å². The van der Waals surface area contributed by atoms with Crippen LogP contribution in [0.3, 0.4) is 0 Å². The molecule has 0 aromatic carbocycles. The molecular weight excluding hydrogens is 328 g/mol. The Kier molecular flexibility index (Phi) is 1.26. The van der Waals surface area contributed by atoms with Crippen LogP contribution in [0.2, 0.25) is 0 Å². The van der Waals surface area contributed by atoms with E-state index in [0.717, 1.165) is 0 Å². The molecule has 48 valence electrons. The third-order valence-electron chi connectivity index (χ3n) is 1.25. The predicted octanol–water partition coefficient (Wildman–Crippen LogP) is -0.465. The molecule has 2 rings (SSSR count). The van der Waals surface area contributed by atoms with E-state index in [1.807, 2.05) is 0 Å². The van der Waals surface area contributed by atoms with E-state index in [4.69, 9.17) is 2.64 Å². The molecule has 6 heteroatoms. The van der Waals surface area contributed by atoms with Gasteiger partial charge in [0.05, 0.1) is 0 Å². The number of halogens is 1. The summed E-state index contributed by atoms with van der Waals surface area (Å²) in [5, 5.41) is 0. The molecular formula is C4HFHgN2O2. The van der Waals surface area contributed by atoms with E-state index in [0.29, 0.717) is 0 Å². The first-order valence-corrected chi connectivity index (χ1v) is 7.37. The van der Waals surface area contributed by atoms with Gasteiger partial charge in [0.2, 0.25) is 0 Å². The fourth-order valence-corrected chi connectivity index (χ4v) is 3.69. The molecule has 0 saturated carbocycles. The Balaban J connectivity index is 2.72. The van der Waals surface area contributed by atoms with Crippen molar-refractivity contribution in [3.8, 4) is 6.01 Å².